The number of Topliss-reactive ketones (excluding diaryl/α,β-unsaturated/α-hetero) is 1. The Labute approximate surface area is 72.2 Å². The molecule has 0 bridgehead atoms. The van der Waals surface area contributed by atoms with Crippen molar-refractivity contribution in [3.05, 3.63) is 0 Å². The molecule has 2 atom stereocenters. The van der Waals surface area contributed by atoms with Gasteiger partial charge in [-0.2, -0.15) is 0 Å². The number of aliphatic hydroxyl groups is 2. The Morgan fingerprint density at radius 3 is 1.85 bits per heavy atom. The smallest absolute Gasteiger partial charge is 0.372 e. The molecule has 0 saturated carbocycles. The Hall–Kier alpha value is -1.47. The zero-order valence-electron chi connectivity index (χ0n) is 6.38. The van der Waals surface area contributed by atoms with Crippen molar-refractivity contribution < 1.29 is 34.8 Å². The fourth-order valence-electron chi connectivity index (χ4n) is 0.553. The number of aliphatic carboxylic acids is 2. The minimum absolute atomic E-state index is 0.928. The van der Waals surface area contributed by atoms with Crippen LogP contribution < -0.4 is 0 Å². The summed E-state index contributed by atoms with van der Waals surface area (Å²) in [5.41, 5.74) is 0. The van der Waals surface area contributed by atoms with Crippen molar-refractivity contribution in [2.45, 2.75) is 18.6 Å². The zero-order chi connectivity index (χ0) is 10.6. The van der Waals surface area contributed by atoms with Gasteiger partial charge in [-0.1, -0.05) is 0 Å². The molecular formula is C6H8O7. The second kappa shape index (κ2) is 4.53. The Kier molecular flexibility index (Phi) is 4.02. The minimum Gasteiger partial charge on any atom is -0.479 e. The maximum absolute atomic E-state index is 10.4. The molecule has 2 unspecified atom stereocenters. The van der Waals surface area contributed by atoms with Crippen molar-refractivity contribution in [3.63, 3.8) is 0 Å². The van der Waals surface area contributed by atoms with Crippen LogP contribution in [0.25, 0.3) is 0 Å². The lowest BCUT2D eigenvalue weighted by Gasteiger charge is -2.11. The third kappa shape index (κ3) is 3.63. The summed E-state index contributed by atoms with van der Waals surface area (Å²) in [5, 5.41) is 33.6. The van der Waals surface area contributed by atoms with E-state index in [-0.39, 0.29) is 0 Å². The molecule has 74 valence electrons. The van der Waals surface area contributed by atoms with Gasteiger partial charge in [-0.15, -0.1) is 0 Å². The van der Waals surface area contributed by atoms with Crippen LogP contribution in [0.15, 0.2) is 0 Å². The first kappa shape index (κ1) is 11.5. The lowest BCUT2D eigenvalue weighted by molar-refractivity contribution is -0.156. The number of hydrogen-bond acceptors (Lipinski definition) is 5. The van der Waals surface area contributed by atoms with Gasteiger partial charge in [0.2, 0.25) is 5.78 Å². The SMILES string of the molecule is O=C(O)C(=O)CC(O)C(O)C(=O)O. The molecule has 4 N–H and O–H groups in total. The fraction of sp³-hybridized carbons (Fsp3) is 0.500. The minimum atomic E-state index is -2.15. The second-order valence-electron chi connectivity index (χ2n) is 2.28. The first-order chi connectivity index (χ1) is 5.86. The van der Waals surface area contributed by atoms with Crippen LogP contribution in [-0.4, -0.2) is 50.4 Å². The average Bonchev–Trinajstić information content (AvgIpc) is 2.02. The van der Waals surface area contributed by atoms with E-state index in [4.69, 9.17) is 20.4 Å². The number of carbonyl (C=O) groups is 3. The fourth-order valence-corrected chi connectivity index (χ4v) is 0.553. The third-order valence-corrected chi connectivity index (χ3v) is 1.25. The van der Waals surface area contributed by atoms with Crippen LogP contribution in [0, 0.1) is 0 Å². The Balaban J connectivity index is 4.15. The maximum Gasteiger partial charge on any atom is 0.372 e. The van der Waals surface area contributed by atoms with Gasteiger partial charge in [-0.25, -0.2) is 9.59 Å². The predicted molar refractivity (Wildman–Crippen MR) is 36.9 cm³/mol. The second-order valence-corrected chi connectivity index (χ2v) is 2.28. The zero-order valence-corrected chi connectivity index (χ0v) is 6.38. The molecule has 0 radical (unpaired) electrons. The predicted octanol–water partition coefficient (Wildman–Crippen LogP) is -2.16. The molecule has 0 amide bonds. The van der Waals surface area contributed by atoms with Crippen molar-refractivity contribution in [3.8, 4) is 0 Å². The molecule has 0 rings (SSSR count). The number of carboxylic acid groups (broad SMARTS) is 2. The molecular weight excluding hydrogens is 184 g/mol. The molecule has 0 saturated heterocycles. The topological polar surface area (TPSA) is 132 Å². The summed E-state index contributed by atoms with van der Waals surface area (Å²) < 4.78 is 0. The number of rotatable bonds is 5. The largest absolute Gasteiger partial charge is 0.479 e. The van der Waals surface area contributed by atoms with Crippen molar-refractivity contribution >= 4 is 17.7 Å². The molecule has 13 heavy (non-hydrogen) atoms. The maximum atomic E-state index is 10.4. The molecule has 0 aromatic carbocycles. The highest BCUT2D eigenvalue weighted by atomic mass is 16.4. The molecule has 0 aliphatic carbocycles. The summed E-state index contributed by atoms with van der Waals surface area (Å²) in [6, 6.07) is 0. The molecule has 7 heteroatoms. The standard InChI is InChI=1S/C6H8O7/c7-2(4(9)6(12)13)1-3(8)5(10)11/h2,4,7,9H,1H2,(H,10,11)(H,12,13). The monoisotopic (exact) mass is 192 g/mol. The van der Waals surface area contributed by atoms with E-state index in [1.807, 2.05) is 0 Å². The van der Waals surface area contributed by atoms with Gasteiger partial charge in [0.05, 0.1) is 6.10 Å². The normalized spacial score (nSPS) is 14.6. The number of aliphatic hydroxyl groups excluding tert-OH is 2. The summed E-state index contributed by atoms with van der Waals surface area (Å²) in [7, 11) is 0. The number of carboxylic acids is 2. The third-order valence-electron chi connectivity index (χ3n) is 1.25. The van der Waals surface area contributed by atoms with E-state index in [2.05, 4.69) is 0 Å². The van der Waals surface area contributed by atoms with Gasteiger partial charge in [0.25, 0.3) is 0 Å². The highest BCUT2D eigenvalue weighted by molar-refractivity contribution is 6.32. The first-order valence-corrected chi connectivity index (χ1v) is 3.21. The van der Waals surface area contributed by atoms with Gasteiger partial charge < -0.3 is 20.4 Å². The average molecular weight is 192 g/mol. The lowest BCUT2D eigenvalue weighted by atomic mass is 10.1. The van der Waals surface area contributed by atoms with Crippen LogP contribution in [0.4, 0.5) is 0 Å². The molecule has 0 spiro atoms. The van der Waals surface area contributed by atoms with E-state index in [0.717, 1.165) is 0 Å². The summed E-state index contributed by atoms with van der Waals surface area (Å²) in [6.07, 6.45) is -4.98. The van der Waals surface area contributed by atoms with Crippen molar-refractivity contribution in [1.29, 1.82) is 0 Å². The van der Waals surface area contributed by atoms with Gasteiger partial charge >= 0.3 is 11.9 Å². The van der Waals surface area contributed by atoms with Gasteiger partial charge in [-0.3, -0.25) is 4.79 Å². The first-order valence-electron chi connectivity index (χ1n) is 3.21. The van der Waals surface area contributed by atoms with E-state index in [1.54, 1.807) is 0 Å². The highest BCUT2D eigenvalue weighted by Gasteiger charge is 2.27. The van der Waals surface area contributed by atoms with Crippen LogP contribution >= 0.6 is 0 Å². The molecule has 0 fully saturated rings. The lowest BCUT2D eigenvalue weighted by Crippen LogP contribution is -2.36. The van der Waals surface area contributed by atoms with Gasteiger partial charge in [0.15, 0.2) is 6.10 Å². The van der Waals surface area contributed by atoms with Crippen LogP contribution in [0.2, 0.25) is 0 Å². The number of ketones is 1. The van der Waals surface area contributed by atoms with Crippen molar-refractivity contribution in [2.24, 2.45) is 0 Å². The highest BCUT2D eigenvalue weighted by Crippen LogP contribution is 2.00. The quantitative estimate of drug-likeness (QED) is 0.364. The molecule has 0 aliphatic heterocycles. The van der Waals surface area contributed by atoms with E-state index in [1.165, 1.54) is 0 Å². The number of hydrogen-bond donors (Lipinski definition) is 4. The van der Waals surface area contributed by atoms with Crippen LogP contribution in [0.3, 0.4) is 0 Å². The van der Waals surface area contributed by atoms with E-state index in [9.17, 15) is 14.4 Å². The van der Waals surface area contributed by atoms with Crippen molar-refractivity contribution in [1.82, 2.24) is 0 Å². The van der Waals surface area contributed by atoms with Crippen LogP contribution in [0.5, 0.6) is 0 Å². The van der Waals surface area contributed by atoms with Crippen LogP contribution in [0.1, 0.15) is 6.42 Å². The summed E-state index contributed by atoms with van der Waals surface area (Å²) in [4.78, 5) is 30.4. The van der Waals surface area contributed by atoms with E-state index < -0.39 is 36.4 Å². The van der Waals surface area contributed by atoms with Gasteiger partial charge in [0, 0.05) is 6.42 Å². The Bertz CT molecular complexity index is 233. The number of carbonyl (C=O) groups excluding carboxylic acids is 1. The molecule has 0 aromatic rings. The van der Waals surface area contributed by atoms with Crippen molar-refractivity contribution in [2.75, 3.05) is 0 Å². The Morgan fingerprint density at radius 1 is 1.08 bits per heavy atom. The van der Waals surface area contributed by atoms with E-state index >= 15 is 0 Å². The summed E-state index contributed by atoms with van der Waals surface area (Å²) in [6.45, 7) is 0. The summed E-state index contributed by atoms with van der Waals surface area (Å²) >= 11 is 0. The van der Waals surface area contributed by atoms with E-state index in [0.29, 0.717) is 0 Å². The van der Waals surface area contributed by atoms with Gasteiger partial charge in [-0.05, 0) is 0 Å². The summed E-state index contributed by atoms with van der Waals surface area (Å²) in [5.74, 6) is -4.85. The van der Waals surface area contributed by atoms with Gasteiger partial charge in [0.1, 0.15) is 0 Å². The molecule has 0 aromatic heterocycles. The Morgan fingerprint density at radius 2 is 1.54 bits per heavy atom. The van der Waals surface area contributed by atoms with Crippen LogP contribution in [-0.2, 0) is 14.4 Å². The molecule has 0 heterocycles. The molecule has 7 nitrogen and oxygen atoms in total. The molecule has 0 aliphatic rings.